The highest BCUT2D eigenvalue weighted by Gasteiger charge is 2.45. The fourth-order valence-electron chi connectivity index (χ4n) is 4.35. The number of aryl methyl sites for hydroxylation is 1. The second kappa shape index (κ2) is 10.1. The number of aliphatic hydroxyl groups is 1. The smallest absolute Gasteiger partial charge is 0.295 e. The molecule has 2 fully saturated rings. The van der Waals surface area contributed by atoms with E-state index in [1.54, 1.807) is 29.4 Å². The van der Waals surface area contributed by atoms with Crippen LogP contribution in [-0.2, 0) is 20.7 Å². The number of ether oxygens (including phenoxy) is 1. The minimum atomic E-state index is -0.643. The quantitative estimate of drug-likeness (QED) is 0.409. The summed E-state index contributed by atoms with van der Waals surface area (Å²) in [5, 5.41) is 11.0. The van der Waals surface area contributed by atoms with Gasteiger partial charge in [-0.3, -0.25) is 19.5 Å². The summed E-state index contributed by atoms with van der Waals surface area (Å²) in [6.07, 6.45) is 4.75. The van der Waals surface area contributed by atoms with Gasteiger partial charge in [-0.25, -0.2) is 0 Å². The van der Waals surface area contributed by atoms with Crippen LogP contribution in [0.5, 0.6) is 0 Å². The molecule has 7 nitrogen and oxygen atoms in total. The second-order valence-electron chi connectivity index (χ2n) is 8.13. The number of benzene rings is 1. The van der Waals surface area contributed by atoms with E-state index in [4.69, 9.17) is 4.74 Å². The molecule has 2 aliphatic rings. The van der Waals surface area contributed by atoms with Crippen molar-refractivity contribution in [2.75, 3.05) is 39.4 Å². The van der Waals surface area contributed by atoms with Crippen molar-refractivity contribution in [3.63, 3.8) is 0 Å². The highest BCUT2D eigenvalue weighted by Crippen LogP contribution is 2.39. The third-order valence-electron chi connectivity index (χ3n) is 6.17. The Kier molecular flexibility index (Phi) is 6.97. The monoisotopic (exact) mass is 435 g/mol. The summed E-state index contributed by atoms with van der Waals surface area (Å²) in [5.41, 5.74) is 2.61. The SMILES string of the molecule is CCc1ccc(C2/C(=C(\O)c3ccncc3)C(=O)C(=O)N2CCCN2CCOCC2)cc1. The highest BCUT2D eigenvalue weighted by molar-refractivity contribution is 6.46. The standard InChI is InChI=1S/C25H29N3O4/c1-2-18-4-6-19(7-5-18)22-21(23(29)20-8-10-26-11-9-20)24(30)25(31)28(22)13-3-12-27-14-16-32-17-15-27/h4-11,22,29H,2-3,12-17H2,1H3/b23-21+. The highest BCUT2D eigenvalue weighted by atomic mass is 16.5. The van der Waals surface area contributed by atoms with Crippen molar-refractivity contribution in [3.8, 4) is 0 Å². The average Bonchev–Trinajstić information content (AvgIpc) is 3.10. The van der Waals surface area contributed by atoms with Crippen molar-refractivity contribution in [1.82, 2.24) is 14.8 Å². The molecule has 1 N–H and O–H groups in total. The molecule has 1 unspecified atom stereocenters. The molecular weight excluding hydrogens is 406 g/mol. The topological polar surface area (TPSA) is 83.0 Å². The summed E-state index contributed by atoms with van der Waals surface area (Å²) >= 11 is 0. The molecule has 1 atom stereocenters. The van der Waals surface area contributed by atoms with Crippen molar-refractivity contribution in [2.45, 2.75) is 25.8 Å². The van der Waals surface area contributed by atoms with Gasteiger partial charge in [0.2, 0.25) is 0 Å². The Balaban J connectivity index is 1.65. The lowest BCUT2D eigenvalue weighted by molar-refractivity contribution is -0.140. The summed E-state index contributed by atoms with van der Waals surface area (Å²) in [7, 11) is 0. The van der Waals surface area contributed by atoms with E-state index in [0.717, 1.165) is 51.3 Å². The van der Waals surface area contributed by atoms with Crippen molar-refractivity contribution >= 4 is 17.4 Å². The van der Waals surface area contributed by atoms with Gasteiger partial charge in [0.1, 0.15) is 5.76 Å². The van der Waals surface area contributed by atoms with Crippen molar-refractivity contribution in [2.24, 2.45) is 0 Å². The summed E-state index contributed by atoms with van der Waals surface area (Å²) in [6.45, 7) is 6.55. The molecule has 7 heteroatoms. The Hall–Kier alpha value is -3.03. The molecule has 1 amide bonds. The van der Waals surface area contributed by atoms with E-state index in [1.165, 1.54) is 5.56 Å². The zero-order chi connectivity index (χ0) is 22.5. The van der Waals surface area contributed by atoms with Gasteiger partial charge in [0.15, 0.2) is 0 Å². The molecular formula is C25H29N3O4. The molecule has 32 heavy (non-hydrogen) atoms. The van der Waals surface area contributed by atoms with Crippen LogP contribution in [0.15, 0.2) is 54.4 Å². The number of hydrogen-bond donors (Lipinski definition) is 1. The first-order chi connectivity index (χ1) is 15.6. The molecule has 0 aliphatic carbocycles. The van der Waals surface area contributed by atoms with Crippen LogP contribution in [0, 0.1) is 0 Å². The molecule has 2 aliphatic heterocycles. The average molecular weight is 436 g/mol. The van der Waals surface area contributed by atoms with Crippen LogP contribution in [0.4, 0.5) is 0 Å². The summed E-state index contributed by atoms with van der Waals surface area (Å²) < 4.78 is 5.40. The van der Waals surface area contributed by atoms with Crippen LogP contribution in [0.3, 0.4) is 0 Å². The summed E-state index contributed by atoms with van der Waals surface area (Å²) in [5.74, 6) is -1.37. The van der Waals surface area contributed by atoms with E-state index in [9.17, 15) is 14.7 Å². The van der Waals surface area contributed by atoms with Crippen LogP contribution in [0.1, 0.15) is 36.1 Å². The number of morpholine rings is 1. The van der Waals surface area contributed by atoms with Crippen molar-refractivity contribution in [3.05, 3.63) is 71.1 Å². The normalized spacial score (nSPS) is 21.3. The first-order valence-corrected chi connectivity index (χ1v) is 11.2. The molecule has 2 aromatic rings. The maximum Gasteiger partial charge on any atom is 0.295 e. The molecule has 1 aromatic heterocycles. The van der Waals surface area contributed by atoms with Crippen LogP contribution >= 0.6 is 0 Å². The number of Topliss-reactive ketones (excluding diaryl/α,β-unsaturated/α-hetero) is 1. The van der Waals surface area contributed by atoms with E-state index < -0.39 is 17.7 Å². The lowest BCUT2D eigenvalue weighted by Crippen LogP contribution is -2.38. The molecule has 4 rings (SSSR count). The number of pyridine rings is 1. The third kappa shape index (κ3) is 4.59. The van der Waals surface area contributed by atoms with E-state index in [0.29, 0.717) is 12.1 Å². The number of carbonyl (C=O) groups is 2. The van der Waals surface area contributed by atoms with E-state index in [2.05, 4.69) is 16.8 Å². The van der Waals surface area contributed by atoms with Gasteiger partial charge < -0.3 is 14.7 Å². The van der Waals surface area contributed by atoms with Gasteiger partial charge in [-0.1, -0.05) is 31.2 Å². The van der Waals surface area contributed by atoms with Gasteiger partial charge in [0.25, 0.3) is 11.7 Å². The first kappa shape index (κ1) is 22.2. The minimum absolute atomic E-state index is 0.136. The third-order valence-corrected chi connectivity index (χ3v) is 6.17. The number of amides is 1. The maximum absolute atomic E-state index is 13.1. The Bertz CT molecular complexity index is 982. The number of ketones is 1. The fourth-order valence-corrected chi connectivity index (χ4v) is 4.35. The van der Waals surface area contributed by atoms with Crippen LogP contribution in [0.25, 0.3) is 5.76 Å². The first-order valence-electron chi connectivity index (χ1n) is 11.2. The number of aliphatic hydroxyl groups excluding tert-OH is 1. The molecule has 2 saturated heterocycles. The molecule has 0 bridgehead atoms. The van der Waals surface area contributed by atoms with Gasteiger partial charge in [-0.05, 0) is 36.1 Å². The van der Waals surface area contributed by atoms with Crippen molar-refractivity contribution in [1.29, 1.82) is 0 Å². The number of carbonyl (C=O) groups excluding carboxylic acids is 2. The molecule has 1 aromatic carbocycles. The maximum atomic E-state index is 13.1. The minimum Gasteiger partial charge on any atom is -0.507 e. The zero-order valence-electron chi connectivity index (χ0n) is 18.4. The van der Waals surface area contributed by atoms with E-state index in [1.807, 2.05) is 24.3 Å². The lowest BCUT2D eigenvalue weighted by Gasteiger charge is -2.29. The van der Waals surface area contributed by atoms with Gasteiger partial charge >= 0.3 is 0 Å². The summed E-state index contributed by atoms with van der Waals surface area (Å²) in [6, 6.07) is 10.6. The van der Waals surface area contributed by atoms with E-state index >= 15 is 0 Å². The van der Waals surface area contributed by atoms with Gasteiger partial charge in [-0.15, -0.1) is 0 Å². The number of aromatic nitrogens is 1. The van der Waals surface area contributed by atoms with Crippen molar-refractivity contribution < 1.29 is 19.4 Å². The molecule has 0 spiro atoms. The Morgan fingerprint density at radius 1 is 1.06 bits per heavy atom. The molecule has 3 heterocycles. The Labute approximate surface area is 188 Å². The van der Waals surface area contributed by atoms with Gasteiger partial charge in [-0.2, -0.15) is 0 Å². The zero-order valence-corrected chi connectivity index (χ0v) is 18.4. The molecule has 168 valence electrons. The predicted molar refractivity (Wildman–Crippen MR) is 121 cm³/mol. The number of likely N-dealkylation sites (tertiary alicyclic amines) is 1. The number of hydrogen-bond acceptors (Lipinski definition) is 6. The van der Waals surface area contributed by atoms with Gasteiger partial charge in [0, 0.05) is 44.1 Å². The second-order valence-corrected chi connectivity index (χ2v) is 8.13. The molecule has 0 radical (unpaired) electrons. The molecule has 0 saturated carbocycles. The fraction of sp³-hybridized carbons (Fsp3) is 0.400. The van der Waals surface area contributed by atoms with Gasteiger partial charge in [0.05, 0.1) is 24.8 Å². The predicted octanol–water partition coefficient (Wildman–Crippen LogP) is 2.79. The van der Waals surface area contributed by atoms with Crippen LogP contribution in [-0.4, -0.2) is 71.0 Å². The van der Waals surface area contributed by atoms with Crippen LogP contribution in [0.2, 0.25) is 0 Å². The van der Waals surface area contributed by atoms with Crippen LogP contribution < -0.4 is 0 Å². The Morgan fingerprint density at radius 3 is 2.41 bits per heavy atom. The van der Waals surface area contributed by atoms with E-state index in [-0.39, 0.29) is 11.3 Å². The Morgan fingerprint density at radius 2 is 1.75 bits per heavy atom. The number of nitrogens with zero attached hydrogens (tertiary/aromatic N) is 3. The largest absolute Gasteiger partial charge is 0.507 e. The summed E-state index contributed by atoms with van der Waals surface area (Å²) in [4.78, 5) is 34.0. The number of rotatable bonds is 7. The lowest BCUT2D eigenvalue weighted by atomic mass is 9.94.